The number of carbonyl (C=O) groups excluding carboxylic acids is 1. The van der Waals surface area contributed by atoms with E-state index in [1.54, 1.807) is 60.7 Å². The van der Waals surface area contributed by atoms with Crippen LogP contribution in [0.15, 0.2) is 86.9 Å². The first-order valence-corrected chi connectivity index (χ1v) is 12.3. The van der Waals surface area contributed by atoms with Crippen molar-refractivity contribution in [2.45, 2.75) is 24.8 Å². The van der Waals surface area contributed by atoms with Gasteiger partial charge in [0.05, 0.1) is 4.90 Å². The van der Waals surface area contributed by atoms with Crippen molar-refractivity contribution < 1.29 is 17.6 Å². The second-order valence-electron chi connectivity index (χ2n) is 8.32. The molecule has 172 valence electrons. The van der Waals surface area contributed by atoms with Crippen LogP contribution in [-0.4, -0.2) is 25.2 Å². The van der Waals surface area contributed by atoms with Crippen molar-refractivity contribution in [3.8, 4) is 0 Å². The van der Waals surface area contributed by atoms with Gasteiger partial charge < -0.3 is 9.73 Å². The zero-order valence-corrected chi connectivity index (χ0v) is 19.3. The Balaban J connectivity index is 1.39. The van der Waals surface area contributed by atoms with Crippen LogP contribution >= 0.6 is 0 Å². The molecule has 0 bridgehead atoms. The normalized spacial score (nSPS) is 14.0. The average molecular weight is 475 g/mol. The minimum Gasteiger partial charge on any atom is -0.422 e. The maximum atomic E-state index is 13.1. The third-order valence-electron chi connectivity index (χ3n) is 5.99. The standard InChI is InChI=1S/C26H22N2O5S/c1-17-6-10-22(11-7-17)34(31,32)28-13-12-18-8-9-21(14-20(18)16-28)27-25(29)23-15-19-4-2-3-5-24(19)33-26(23)30/h2-11,14-15H,12-13,16H2,1H3,(H,27,29). The minimum absolute atomic E-state index is 0.0972. The van der Waals surface area contributed by atoms with E-state index in [0.29, 0.717) is 29.6 Å². The molecule has 0 saturated heterocycles. The summed E-state index contributed by atoms with van der Waals surface area (Å²) in [6, 6.07) is 20.7. The highest BCUT2D eigenvalue weighted by atomic mass is 32.2. The van der Waals surface area contributed by atoms with E-state index < -0.39 is 21.6 Å². The van der Waals surface area contributed by atoms with Gasteiger partial charge in [0, 0.05) is 24.2 Å². The van der Waals surface area contributed by atoms with Crippen molar-refractivity contribution >= 4 is 32.6 Å². The van der Waals surface area contributed by atoms with Gasteiger partial charge in [0.25, 0.3) is 5.91 Å². The Morgan fingerprint density at radius 2 is 1.74 bits per heavy atom. The van der Waals surface area contributed by atoms with Gasteiger partial charge in [-0.05, 0) is 60.9 Å². The van der Waals surface area contributed by atoms with Gasteiger partial charge >= 0.3 is 5.63 Å². The zero-order chi connectivity index (χ0) is 23.9. The molecule has 7 nitrogen and oxygen atoms in total. The van der Waals surface area contributed by atoms with Gasteiger partial charge in [0.2, 0.25) is 10.0 Å². The largest absolute Gasteiger partial charge is 0.422 e. The van der Waals surface area contributed by atoms with E-state index in [2.05, 4.69) is 5.32 Å². The van der Waals surface area contributed by atoms with Gasteiger partial charge in [-0.15, -0.1) is 0 Å². The van der Waals surface area contributed by atoms with E-state index in [1.807, 2.05) is 13.0 Å². The monoisotopic (exact) mass is 474 g/mol. The van der Waals surface area contributed by atoms with E-state index in [-0.39, 0.29) is 17.0 Å². The fraction of sp³-hybridized carbons (Fsp3) is 0.154. The Morgan fingerprint density at radius 3 is 2.53 bits per heavy atom. The lowest BCUT2D eigenvalue weighted by Gasteiger charge is -2.28. The number of aryl methyl sites for hydroxylation is 1. The molecule has 1 aliphatic rings. The predicted octanol–water partition coefficient (Wildman–Crippen LogP) is 4.10. The fourth-order valence-corrected chi connectivity index (χ4v) is 5.51. The number of amides is 1. The van der Waals surface area contributed by atoms with E-state index >= 15 is 0 Å². The van der Waals surface area contributed by atoms with Crippen LogP contribution < -0.4 is 10.9 Å². The van der Waals surface area contributed by atoms with Crippen molar-refractivity contribution in [1.29, 1.82) is 0 Å². The predicted molar refractivity (Wildman–Crippen MR) is 129 cm³/mol. The van der Waals surface area contributed by atoms with E-state index in [4.69, 9.17) is 4.42 Å². The Bertz CT molecular complexity index is 1570. The van der Waals surface area contributed by atoms with Crippen LogP contribution in [0.4, 0.5) is 5.69 Å². The Hall–Kier alpha value is -3.75. The van der Waals surface area contributed by atoms with Crippen molar-refractivity contribution in [2.75, 3.05) is 11.9 Å². The second kappa shape index (κ2) is 8.55. The number of nitrogens with zero attached hydrogens (tertiary/aromatic N) is 1. The Kier molecular flexibility index (Phi) is 5.55. The third-order valence-corrected chi connectivity index (χ3v) is 7.85. The first kappa shape index (κ1) is 22.1. The molecule has 0 atom stereocenters. The summed E-state index contributed by atoms with van der Waals surface area (Å²) in [4.78, 5) is 25.4. The molecule has 1 aliphatic heterocycles. The highest BCUT2D eigenvalue weighted by molar-refractivity contribution is 7.89. The summed E-state index contributed by atoms with van der Waals surface area (Å²) in [5.41, 5.74) is 2.90. The molecule has 1 N–H and O–H groups in total. The smallest absolute Gasteiger partial charge is 0.349 e. The summed E-state index contributed by atoms with van der Waals surface area (Å²) in [6.07, 6.45) is 0.572. The van der Waals surface area contributed by atoms with Gasteiger partial charge in [0.1, 0.15) is 11.1 Å². The molecular weight excluding hydrogens is 452 g/mol. The molecule has 3 aromatic carbocycles. The van der Waals surface area contributed by atoms with Crippen molar-refractivity contribution in [3.05, 3.63) is 105 Å². The number of rotatable bonds is 4. The second-order valence-corrected chi connectivity index (χ2v) is 10.3. The maximum Gasteiger partial charge on any atom is 0.349 e. The van der Waals surface area contributed by atoms with Crippen LogP contribution in [0.1, 0.15) is 27.0 Å². The van der Waals surface area contributed by atoms with Gasteiger partial charge in [-0.3, -0.25) is 4.79 Å². The summed E-state index contributed by atoms with van der Waals surface area (Å²) in [5.74, 6) is -0.584. The van der Waals surface area contributed by atoms with Crippen LogP contribution in [0.5, 0.6) is 0 Å². The third kappa shape index (κ3) is 4.13. The number of benzene rings is 3. The molecular formula is C26H22N2O5S. The Morgan fingerprint density at radius 1 is 0.971 bits per heavy atom. The summed E-state index contributed by atoms with van der Waals surface area (Å²) >= 11 is 0. The molecule has 0 spiro atoms. The molecule has 1 amide bonds. The molecule has 1 aromatic heterocycles. The molecule has 5 rings (SSSR count). The van der Waals surface area contributed by atoms with Gasteiger partial charge in [0.15, 0.2) is 0 Å². The number of para-hydroxylation sites is 1. The van der Waals surface area contributed by atoms with Crippen LogP contribution in [0.2, 0.25) is 0 Å². The number of hydrogen-bond donors (Lipinski definition) is 1. The maximum absolute atomic E-state index is 13.1. The lowest BCUT2D eigenvalue weighted by Crippen LogP contribution is -2.36. The summed E-state index contributed by atoms with van der Waals surface area (Å²) in [6.45, 7) is 2.49. The highest BCUT2D eigenvalue weighted by Gasteiger charge is 2.28. The lowest BCUT2D eigenvalue weighted by molar-refractivity contribution is 0.102. The molecule has 2 heterocycles. The van der Waals surface area contributed by atoms with Crippen LogP contribution in [-0.2, 0) is 23.0 Å². The molecule has 0 radical (unpaired) electrons. The van der Waals surface area contributed by atoms with E-state index in [0.717, 1.165) is 16.7 Å². The van der Waals surface area contributed by atoms with Gasteiger partial charge in [-0.2, -0.15) is 4.31 Å². The molecule has 0 fully saturated rings. The van der Waals surface area contributed by atoms with Gasteiger partial charge in [-0.1, -0.05) is 42.0 Å². The summed E-state index contributed by atoms with van der Waals surface area (Å²) in [7, 11) is -3.63. The zero-order valence-electron chi connectivity index (χ0n) is 18.4. The van der Waals surface area contributed by atoms with Crippen LogP contribution in [0.3, 0.4) is 0 Å². The number of hydrogen-bond acceptors (Lipinski definition) is 5. The van der Waals surface area contributed by atoms with Crippen LogP contribution in [0.25, 0.3) is 11.0 Å². The number of carbonyl (C=O) groups is 1. The van der Waals surface area contributed by atoms with E-state index in [1.165, 1.54) is 10.4 Å². The van der Waals surface area contributed by atoms with Crippen molar-refractivity contribution in [2.24, 2.45) is 0 Å². The quantitative estimate of drug-likeness (QED) is 0.449. The first-order chi connectivity index (χ1) is 16.3. The highest BCUT2D eigenvalue weighted by Crippen LogP contribution is 2.27. The van der Waals surface area contributed by atoms with E-state index in [9.17, 15) is 18.0 Å². The van der Waals surface area contributed by atoms with Crippen molar-refractivity contribution in [3.63, 3.8) is 0 Å². The van der Waals surface area contributed by atoms with Crippen molar-refractivity contribution in [1.82, 2.24) is 4.31 Å². The minimum atomic E-state index is -3.63. The molecule has 0 unspecified atom stereocenters. The number of fused-ring (bicyclic) bond motifs is 2. The fourth-order valence-electron chi connectivity index (χ4n) is 4.09. The topological polar surface area (TPSA) is 96.7 Å². The molecule has 4 aromatic rings. The lowest BCUT2D eigenvalue weighted by atomic mass is 10.0. The summed E-state index contributed by atoms with van der Waals surface area (Å²) in [5, 5.41) is 3.39. The molecule has 0 aliphatic carbocycles. The average Bonchev–Trinajstić information content (AvgIpc) is 2.83. The number of anilines is 1. The SMILES string of the molecule is Cc1ccc(S(=O)(=O)N2CCc3ccc(NC(=O)c4cc5ccccc5oc4=O)cc3C2)cc1. The number of nitrogens with one attached hydrogen (secondary N) is 1. The molecule has 0 saturated carbocycles. The molecule has 34 heavy (non-hydrogen) atoms. The first-order valence-electron chi connectivity index (χ1n) is 10.8. The van der Waals surface area contributed by atoms with Gasteiger partial charge in [-0.25, -0.2) is 13.2 Å². The summed E-state index contributed by atoms with van der Waals surface area (Å²) < 4.78 is 32.9. The Labute approximate surface area is 196 Å². The molecule has 8 heteroatoms. The number of sulfonamides is 1. The van der Waals surface area contributed by atoms with Crippen LogP contribution in [0, 0.1) is 6.92 Å².